The highest BCUT2D eigenvalue weighted by atomic mass is 16.4. The van der Waals surface area contributed by atoms with E-state index in [-0.39, 0.29) is 16.7 Å². The maximum atomic E-state index is 12.4. The van der Waals surface area contributed by atoms with E-state index < -0.39 is 5.97 Å². The molecule has 1 aliphatic heterocycles. The van der Waals surface area contributed by atoms with Gasteiger partial charge in [-0.15, -0.1) is 0 Å². The molecule has 1 aliphatic carbocycles. The molecule has 2 aliphatic rings. The molecule has 1 heterocycles. The molecular weight excluding hydrogens is 368 g/mol. The van der Waals surface area contributed by atoms with E-state index in [0.717, 1.165) is 10.9 Å². The zero-order chi connectivity index (χ0) is 21.0. The van der Waals surface area contributed by atoms with E-state index in [1.807, 2.05) is 13.8 Å². The smallest absolute Gasteiger partial charge is 0.336 e. The molecule has 2 N–H and O–H groups in total. The summed E-state index contributed by atoms with van der Waals surface area (Å²) in [4.78, 5) is 24.4. The van der Waals surface area contributed by atoms with Crippen molar-refractivity contribution in [3.05, 3.63) is 74.4 Å². The van der Waals surface area contributed by atoms with Crippen LogP contribution in [-0.2, 0) is 0 Å². The van der Waals surface area contributed by atoms with Crippen LogP contribution in [0.2, 0.25) is 0 Å². The molecular formula is C24H20O5. The Labute approximate surface area is 167 Å². The van der Waals surface area contributed by atoms with Crippen molar-refractivity contribution in [2.75, 3.05) is 0 Å². The normalized spacial score (nSPS) is 11.3. The lowest BCUT2D eigenvalue weighted by Gasteiger charge is -2.22. The summed E-state index contributed by atoms with van der Waals surface area (Å²) in [6.45, 7) is 7.10. The summed E-state index contributed by atoms with van der Waals surface area (Å²) in [5.41, 5.74) is 4.85. The van der Waals surface area contributed by atoms with Crippen LogP contribution in [0.15, 0.2) is 45.6 Å². The number of aromatic carboxylic acids is 1. The molecule has 5 heteroatoms. The van der Waals surface area contributed by atoms with Crippen LogP contribution in [0, 0.1) is 27.7 Å². The summed E-state index contributed by atoms with van der Waals surface area (Å²) in [6, 6.07) is 9.99. The Kier molecular flexibility index (Phi) is 4.19. The van der Waals surface area contributed by atoms with Crippen LogP contribution in [-0.4, -0.2) is 16.2 Å². The first-order valence-electron chi connectivity index (χ1n) is 9.25. The van der Waals surface area contributed by atoms with Crippen molar-refractivity contribution in [1.29, 1.82) is 0 Å². The molecule has 0 amide bonds. The van der Waals surface area contributed by atoms with Gasteiger partial charge in [-0.1, -0.05) is 18.2 Å². The predicted octanol–water partition coefficient (Wildman–Crippen LogP) is 5.20. The Morgan fingerprint density at radius 2 is 1.62 bits per heavy atom. The average Bonchev–Trinajstić information content (AvgIpc) is 2.68. The third-order valence-electron chi connectivity index (χ3n) is 5.51. The van der Waals surface area contributed by atoms with Gasteiger partial charge in [-0.05, 0) is 62.6 Å². The molecule has 146 valence electrons. The molecule has 0 fully saturated rings. The number of carboxylic acid groups (broad SMARTS) is 1. The van der Waals surface area contributed by atoms with Gasteiger partial charge in [0.15, 0.2) is 5.43 Å². The summed E-state index contributed by atoms with van der Waals surface area (Å²) in [5.74, 6) is -0.542. The van der Waals surface area contributed by atoms with Gasteiger partial charge < -0.3 is 14.6 Å². The summed E-state index contributed by atoms with van der Waals surface area (Å²) >= 11 is 0. The molecule has 4 rings (SSSR count). The number of hydrogen-bond acceptors (Lipinski definition) is 4. The number of rotatable bonds is 2. The first-order valence-corrected chi connectivity index (χ1v) is 9.25. The van der Waals surface area contributed by atoms with Crippen LogP contribution in [0.25, 0.3) is 33.4 Å². The Morgan fingerprint density at radius 1 is 0.931 bits per heavy atom. The molecule has 2 aromatic carbocycles. The molecule has 0 bridgehead atoms. The molecule has 0 unspecified atom stereocenters. The minimum atomic E-state index is -1.04. The summed E-state index contributed by atoms with van der Waals surface area (Å²) in [5, 5.41) is 20.9. The molecule has 0 spiro atoms. The lowest BCUT2D eigenvalue weighted by atomic mass is 9.85. The van der Waals surface area contributed by atoms with Gasteiger partial charge >= 0.3 is 5.97 Å². The van der Waals surface area contributed by atoms with E-state index in [2.05, 4.69) is 0 Å². The summed E-state index contributed by atoms with van der Waals surface area (Å²) < 4.78 is 6.19. The first kappa shape index (κ1) is 18.7. The lowest BCUT2D eigenvalue weighted by Crippen LogP contribution is -2.10. The minimum Gasteiger partial charge on any atom is -0.508 e. The highest BCUT2D eigenvalue weighted by Crippen LogP contribution is 2.46. The fraction of sp³-hybridized carbons (Fsp3) is 0.167. The van der Waals surface area contributed by atoms with Crippen molar-refractivity contribution in [2.45, 2.75) is 27.7 Å². The zero-order valence-electron chi connectivity index (χ0n) is 16.6. The molecule has 0 atom stereocenters. The van der Waals surface area contributed by atoms with E-state index in [1.54, 1.807) is 50.2 Å². The van der Waals surface area contributed by atoms with E-state index in [1.165, 1.54) is 0 Å². The van der Waals surface area contributed by atoms with E-state index in [0.29, 0.717) is 44.7 Å². The van der Waals surface area contributed by atoms with Gasteiger partial charge in [0.1, 0.15) is 17.1 Å². The van der Waals surface area contributed by atoms with Crippen molar-refractivity contribution < 1.29 is 19.4 Å². The molecule has 0 radical (unpaired) electrons. The second kappa shape index (κ2) is 6.48. The predicted molar refractivity (Wildman–Crippen MR) is 112 cm³/mol. The molecule has 0 aromatic heterocycles. The zero-order valence-corrected chi connectivity index (χ0v) is 16.6. The average molecular weight is 388 g/mol. The molecule has 2 aromatic rings. The van der Waals surface area contributed by atoms with Gasteiger partial charge in [0, 0.05) is 27.6 Å². The highest BCUT2D eigenvalue weighted by molar-refractivity contribution is 6.10. The van der Waals surface area contributed by atoms with Gasteiger partial charge in [-0.2, -0.15) is 0 Å². The van der Waals surface area contributed by atoms with Crippen LogP contribution < -0.4 is 5.43 Å². The Morgan fingerprint density at radius 3 is 2.31 bits per heavy atom. The second-order valence-electron chi connectivity index (χ2n) is 7.39. The van der Waals surface area contributed by atoms with Gasteiger partial charge in [0.25, 0.3) is 0 Å². The van der Waals surface area contributed by atoms with Crippen molar-refractivity contribution in [2.24, 2.45) is 0 Å². The second-order valence-corrected chi connectivity index (χ2v) is 7.39. The molecule has 0 saturated carbocycles. The van der Waals surface area contributed by atoms with Crippen LogP contribution in [0.3, 0.4) is 0 Å². The molecule has 29 heavy (non-hydrogen) atoms. The third-order valence-corrected chi connectivity index (χ3v) is 5.51. The largest absolute Gasteiger partial charge is 0.508 e. The number of carboxylic acids is 1. The van der Waals surface area contributed by atoms with Crippen LogP contribution in [0.4, 0.5) is 0 Å². The standard InChI is InChI=1S/C24H20O5/c1-11-9-17(25)13(3)22-19(11)21(15-7-5-6-8-16(15)24(27)28)20-12(2)10-18(26)14(4)23(20)29-22/h5-10,25H,1-4H3,(H,27,28). The van der Waals surface area contributed by atoms with Crippen molar-refractivity contribution in [3.63, 3.8) is 0 Å². The number of fused-ring (bicyclic) bond motifs is 2. The highest BCUT2D eigenvalue weighted by Gasteiger charge is 2.27. The van der Waals surface area contributed by atoms with Crippen molar-refractivity contribution >= 4 is 16.9 Å². The Bertz CT molecular complexity index is 1340. The van der Waals surface area contributed by atoms with Crippen molar-refractivity contribution in [3.8, 4) is 28.2 Å². The number of carbonyl (C=O) groups is 1. The van der Waals surface area contributed by atoms with Gasteiger partial charge in [0.05, 0.1) is 5.56 Å². The quantitative estimate of drug-likeness (QED) is 0.461. The Hall–Kier alpha value is -3.60. The molecule has 5 nitrogen and oxygen atoms in total. The van der Waals surface area contributed by atoms with Gasteiger partial charge in [-0.25, -0.2) is 4.79 Å². The number of phenols is 1. The van der Waals surface area contributed by atoms with Gasteiger partial charge in [-0.3, -0.25) is 4.79 Å². The topological polar surface area (TPSA) is 87.7 Å². The van der Waals surface area contributed by atoms with Crippen molar-refractivity contribution in [1.82, 2.24) is 0 Å². The third kappa shape index (κ3) is 2.70. The number of benzene rings is 3. The fourth-order valence-corrected chi connectivity index (χ4v) is 3.98. The number of phenolic OH excluding ortho intramolecular Hbond substituents is 1. The SMILES string of the molecule is Cc1cc(=O)c(C)c2oc3c(C)c(O)cc(C)c3c(-c3ccccc3C(=O)O)c1-2. The monoisotopic (exact) mass is 388 g/mol. The maximum absolute atomic E-state index is 12.4. The van der Waals surface area contributed by atoms with Crippen LogP contribution >= 0.6 is 0 Å². The summed E-state index contributed by atoms with van der Waals surface area (Å²) in [7, 11) is 0. The minimum absolute atomic E-state index is 0.0863. The van der Waals surface area contributed by atoms with E-state index in [9.17, 15) is 19.8 Å². The van der Waals surface area contributed by atoms with Crippen LogP contribution in [0.5, 0.6) is 5.75 Å². The number of aryl methyl sites for hydroxylation is 3. The number of hydrogen-bond donors (Lipinski definition) is 2. The van der Waals surface area contributed by atoms with E-state index in [4.69, 9.17) is 4.42 Å². The fourth-order valence-electron chi connectivity index (χ4n) is 3.98. The van der Waals surface area contributed by atoms with Crippen LogP contribution in [0.1, 0.15) is 32.6 Å². The summed E-state index contributed by atoms with van der Waals surface area (Å²) in [6.07, 6.45) is 0. The first-order chi connectivity index (χ1) is 13.7. The molecule has 0 saturated heterocycles. The Balaban J connectivity index is 2.38. The number of aromatic hydroxyl groups is 1. The van der Waals surface area contributed by atoms with Gasteiger partial charge in [0.2, 0.25) is 0 Å². The van der Waals surface area contributed by atoms with E-state index >= 15 is 0 Å². The maximum Gasteiger partial charge on any atom is 0.336 e. The lowest BCUT2D eigenvalue weighted by molar-refractivity contribution is 0.0697.